The number of nitrogens with zero attached hydrogens (tertiary/aromatic N) is 2. The van der Waals surface area contributed by atoms with Gasteiger partial charge in [0.05, 0.1) is 5.69 Å². The van der Waals surface area contributed by atoms with Gasteiger partial charge in [-0.15, -0.1) is 0 Å². The van der Waals surface area contributed by atoms with Crippen LogP contribution < -0.4 is 11.0 Å². The topological polar surface area (TPSA) is 81.6 Å². The van der Waals surface area contributed by atoms with E-state index < -0.39 is 5.69 Å². The highest BCUT2D eigenvalue weighted by molar-refractivity contribution is 9.10. The summed E-state index contributed by atoms with van der Waals surface area (Å²) in [5.41, 5.74) is 1.51. The van der Waals surface area contributed by atoms with E-state index in [0.717, 1.165) is 15.7 Å². The van der Waals surface area contributed by atoms with E-state index in [1.807, 2.05) is 31.2 Å². The number of hydrogen-bond acceptors (Lipinski definition) is 4. The standard InChI is InChI=1S/C12H9BrN4O/c1-7-2-3-10(9(13)4-7)16-11-5-8(6-14)15-12(18)17-11/h2-5H,1H3,(H2,15,16,17,18). The molecule has 2 N–H and O–H groups in total. The summed E-state index contributed by atoms with van der Waals surface area (Å²) in [7, 11) is 0. The number of benzene rings is 1. The SMILES string of the molecule is Cc1ccc(Nc2cc(C#N)[nH]c(=O)n2)c(Br)c1. The van der Waals surface area contributed by atoms with Crippen LogP contribution >= 0.6 is 15.9 Å². The van der Waals surface area contributed by atoms with Gasteiger partial charge in [-0.05, 0) is 40.5 Å². The lowest BCUT2D eigenvalue weighted by molar-refractivity contribution is 1.06. The van der Waals surface area contributed by atoms with Crippen LogP contribution in [0.15, 0.2) is 33.5 Å². The van der Waals surface area contributed by atoms with Gasteiger partial charge < -0.3 is 5.32 Å². The fraction of sp³-hybridized carbons (Fsp3) is 0.0833. The highest BCUT2D eigenvalue weighted by atomic mass is 79.9. The van der Waals surface area contributed by atoms with Crippen molar-refractivity contribution in [1.29, 1.82) is 5.26 Å². The van der Waals surface area contributed by atoms with Crippen LogP contribution in [0.5, 0.6) is 0 Å². The summed E-state index contributed by atoms with van der Waals surface area (Å²) < 4.78 is 0.864. The molecule has 0 radical (unpaired) electrons. The molecular formula is C12H9BrN4O. The summed E-state index contributed by atoms with van der Waals surface area (Å²) in [6.07, 6.45) is 0. The molecule has 5 nitrogen and oxygen atoms in total. The maximum atomic E-state index is 11.2. The molecule has 0 aliphatic rings. The molecule has 0 saturated carbocycles. The largest absolute Gasteiger partial charge is 0.347 e. The second-order valence-corrected chi connectivity index (χ2v) is 4.56. The highest BCUT2D eigenvalue weighted by Gasteiger charge is 2.04. The number of H-pyrrole nitrogens is 1. The Balaban J connectivity index is 2.37. The first-order valence-corrected chi connectivity index (χ1v) is 5.92. The molecular weight excluding hydrogens is 296 g/mol. The molecule has 0 aliphatic carbocycles. The van der Waals surface area contributed by atoms with E-state index >= 15 is 0 Å². The van der Waals surface area contributed by atoms with Crippen molar-refractivity contribution in [3.63, 3.8) is 0 Å². The van der Waals surface area contributed by atoms with Crippen LogP contribution in [0.1, 0.15) is 11.3 Å². The Morgan fingerprint density at radius 2 is 2.22 bits per heavy atom. The lowest BCUT2D eigenvalue weighted by atomic mass is 10.2. The van der Waals surface area contributed by atoms with Gasteiger partial charge in [0.15, 0.2) is 0 Å². The summed E-state index contributed by atoms with van der Waals surface area (Å²) >= 11 is 3.42. The van der Waals surface area contributed by atoms with Crippen molar-refractivity contribution < 1.29 is 0 Å². The van der Waals surface area contributed by atoms with Gasteiger partial charge in [0.1, 0.15) is 17.6 Å². The Kier molecular flexibility index (Phi) is 3.44. The predicted molar refractivity (Wildman–Crippen MR) is 71.7 cm³/mol. The van der Waals surface area contributed by atoms with E-state index in [1.165, 1.54) is 6.07 Å². The summed E-state index contributed by atoms with van der Waals surface area (Å²) in [4.78, 5) is 17.3. The lowest BCUT2D eigenvalue weighted by Gasteiger charge is -2.08. The molecule has 0 bridgehead atoms. The Labute approximate surface area is 112 Å². The van der Waals surface area contributed by atoms with Crippen LogP contribution in [0.25, 0.3) is 0 Å². The van der Waals surface area contributed by atoms with E-state index in [2.05, 4.69) is 31.2 Å². The Hall–Kier alpha value is -2.13. The maximum Gasteiger partial charge on any atom is 0.347 e. The van der Waals surface area contributed by atoms with Crippen molar-refractivity contribution >= 4 is 27.4 Å². The molecule has 2 rings (SSSR count). The molecule has 0 fully saturated rings. The lowest BCUT2D eigenvalue weighted by Crippen LogP contribution is -2.13. The Morgan fingerprint density at radius 1 is 1.44 bits per heavy atom. The normalized spacial score (nSPS) is 9.83. The molecule has 0 aliphatic heterocycles. The van der Waals surface area contributed by atoms with Gasteiger partial charge in [0.2, 0.25) is 0 Å². The van der Waals surface area contributed by atoms with E-state index in [0.29, 0.717) is 5.82 Å². The summed E-state index contributed by atoms with van der Waals surface area (Å²) in [5, 5.41) is 11.7. The van der Waals surface area contributed by atoms with Gasteiger partial charge in [0, 0.05) is 10.5 Å². The molecule has 0 unspecified atom stereocenters. The monoisotopic (exact) mass is 304 g/mol. The van der Waals surface area contributed by atoms with Crippen LogP contribution in [0.4, 0.5) is 11.5 Å². The molecule has 0 saturated heterocycles. The summed E-state index contributed by atoms with van der Waals surface area (Å²) in [6, 6.07) is 9.10. The van der Waals surface area contributed by atoms with Crippen molar-refractivity contribution in [2.75, 3.05) is 5.32 Å². The third kappa shape index (κ3) is 2.76. The molecule has 6 heteroatoms. The van der Waals surface area contributed by atoms with Gasteiger partial charge in [-0.25, -0.2) is 4.79 Å². The predicted octanol–water partition coefficient (Wildman–Crippen LogP) is 2.46. The van der Waals surface area contributed by atoms with Gasteiger partial charge in [-0.1, -0.05) is 6.07 Å². The maximum absolute atomic E-state index is 11.2. The minimum absolute atomic E-state index is 0.167. The van der Waals surface area contributed by atoms with Crippen molar-refractivity contribution in [3.05, 3.63) is 50.5 Å². The molecule has 1 aromatic heterocycles. The van der Waals surface area contributed by atoms with Crippen LogP contribution in [0.3, 0.4) is 0 Å². The molecule has 0 atom stereocenters. The molecule has 1 heterocycles. The van der Waals surface area contributed by atoms with Crippen LogP contribution in [-0.4, -0.2) is 9.97 Å². The number of nitrogens with one attached hydrogen (secondary N) is 2. The second kappa shape index (κ2) is 5.02. The number of aryl methyl sites for hydroxylation is 1. The zero-order valence-electron chi connectivity index (χ0n) is 9.49. The number of aromatic amines is 1. The molecule has 1 aromatic carbocycles. The van der Waals surface area contributed by atoms with E-state index in [-0.39, 0.29) is 5.69 Å². The zero-order valence-corrected chi connectivity index (χ0v) is 11.1. The summed E-state index contributed by atoms with van der Waals surface area (Å²) in [6.45, 7) is 1.98. The third-order valence-corrected chi connectivity index (χ3v) is 2.91. The average Bonchev–Trinajstić information content (AvgIpc) is 2.32. The smallest absolute Gasteiger partial charge is 0.339 e. The zero-order chi connectivity index (χ0) is 13.1. The fourth-order valence-electron chi connectivity index (χ4n) is 1.44. The number of halogens is 1. The minimum atomic E-state index is -0.556. The van der Waals surface area contributed by atoms with Crippen LogP contribution in [0.2, 0.25) is 0 Å². The van der Waals surface area contributed by atoms with Gasteiger partial charge >= 0.3 is 5.69 Å². The number of aromatic nitrogens is 2. The Bertz CT molecular complexity index is 687. The minimum Gasteiger partial charge on any atom is -0.339 e. The number of nitriles is 1. The quantitative estimate of drug-likeness (QED) is 0.893. The first kappa shape index (κ1) is 12.3. The molecule has 90 valence electrons. The van der Waals surface area contributed by atoms with Crippen molar-refractivity contribution in [2.45, 2.75) is 6.92 Å². The Morgan fingerprint density at radius 3 is 2.89 bits per heavy atom. The molecule has 18 heavy (non-hydrogen) atoms. The van der Waals surface area contributed by atoms with E-state index in [4.69, 9.17) is 5.26 Å². The van der Waals surface area contributed by atoms with E-state index in [1.54, 1.807) is 0 Å². The van der Waals surface area contributed by atoms with Gasteiger partial charge in [0.25, 0.3) is 0 Å². The first-order chi connectivity index (χ1) is 8.58. The second-order valence-electron chi connectivity index (χ2n) is 3.71. The molecule has 2 aromatic rings. The fourth-order valence-corrected chi connectivity index (χ4v) is 2.03. The van der Waals surface area contributed by atoms with Gasteiger partial charge in [-0.3, -0.25) is 4.98 Å². The van der Waals surface area contributed by atoms with Crippen LogP contribution in [0, 0.1) is 18.3 Å². The number of hydrogen-bond donors (Lipinski definition) is 2. The number of anilines is 2. The molecule has 0 amide bonds. The first-order valence-electron chi connectivity index (χ1n) is 5.13. The van der Waals surface area contributed by atoms with E-state index in [9.17, 15) is 4.79 Å². The van der Waals surface area contributed by atoms with Crippen molar-refractivity contribution in [2.24, 2.45) is 0 Å². The summed E-state index contributed by atoms with van der Waals surface area (Å²) in [5.74, 6) is 0.333. The third-order valence-electron chi connectivity index (χ3n) is 2.25. The molecule has 0 spiro atoms. The number of rotatable bonds is 2. The van der Waals surface area contributed by atoms with Crippen LogP contribution in [-0.2, 0) is 0 Å². The van der Waals surface area contributed by atoms with Crippen molar-refractivity contribution in [3.8, 4) is 6.07 Å². The average molecular weight is 305 g/mol. The highest BCUT2D eigenvalue weighted by Crippen LogP contribution is 2.25. The van der Waals surface area contributed by atoms with Crippen molar-refractivity contribution in [1.82, 2.24) is 9.97 Å². The van der Waals surface area contributed by atoms with Gasteiger partial charge in [-0.2, -0.15) is 10.2 Å².